The van der Waals surface area contributed by atoms with E-state index in [4.69, 9.17) is 16.3 Å². The quantitative estimate of drug-likeness (QED) is 0.478. The molecule has 0 unspecified atom stereocenters. The van der Waals surface area contributed by atoms with E-state index in [0.29, 0.717) is 17.1 Å². The molecule has 0 saturated heterocycles. The van der Waals surface area contributed by atoms with Crippen LogP contribution in [0.5, 0.6) is 0 Å². The number of rotatable bonds is 7. The van der Waals surface area contributed by atoms with Crippen LogP contribution in [-0.4, -0.2) is 17.3 Å². The summed E-state index contributed by atoms with van der Waals surface area (Å²) >= 11 is 6.22. The highest BCUT2D eigenvalue weighted by molar-refractivity contribution is 6.31. The van der Waals surface area contributed by atoms with Gasteiger partial charge in [-0.3, -0.25) is 9.59 Å². The average molecular weight is 413 g/mol. The molecule has 150 valence electrons. The zero-order valence-electron chi connectivity index (χ0n) is 16.4. The maximum atomic E-state index is 12.6. The predicted octanol–water partition coefficient (Wildman–Crippen LogP) is 3.13. The van der Waals surface area contributed by atoms with Crippen LogP contribution in [-0.2, 0) is 22.5 Å². The van der Waals surface area contributed by atoms with E-state index < -0.39 is 5.97 Å². The number of nitrogens with zero attached hydrogens (tertiary/aromatic N) is 2. The van der Waals surface area contributed by atoms with Crippen LogP contribution >= 0.6 is 11.6 Å². The van der Waals surface area contributed by atoms with Gasteiger partial charge in [0.05, 0.1) is 19.2 Å². The molecule has 0 radical (unpaired) electrons. The summed E-state index contributed by atoms with van der Waals surface area (Å²) in [5.41, 5.74) is 6.05. The number of ether oxygens (including phenoxy) is 1. The van der Waals surface area contributed by atoms with Crippen molar-refractivity contribution in [3.63, 3.8) is 0 Å². The lowest BCUT2D eigenvalue weighted by Crippen LogP contribution is -2.55. The lowest BCUT2D eigenvalue weighted by atomic mass is 10.2. The van der Waals surface area contributed by atoms with Gasteiger partial charge in [-0.25, -0.2) is 0 Å². The Kier molecular flexibility index (Phi) is 6.67. The first-order chi connectivity index (χ1) is 14.0. The molecule has 29 heavy (non-hydrogen) atoms. The summed E-state index contributed by atoms with van der Waals surface area (Å²) in [5.74, 6) is -0.424. The Bertz CT molecular complexity index is 1060. The topological polar surface area (TPSA) is 64.2 Å². The van der Waals surface area contributed by atoms with Crippen molar-refractivity contribution in [1.82, 2.24) is 4.68 Å². The van der Waals surface area contributed by atoms with Gasteiger partial charge in [0, 0.05) is 15.4 Å². The summed E-state index contributed by atoms with van der Waals surface area (Å²) < 4.78 is 6.83. The van der Waals surface area contributed by atoms with Crippen LogP contribution < -0.4 is 15.6 Å². The Balaban J connectivity index is 2.01. The van der Waals surface area contributed by atoms with Gasteiger partial charge >= 0.3 is 5.97 Å². The van der Waals surface area contributed by atoms with Crippen LogP contribution in [0, 0.1) is 6.92 Å². The third-order valence-corrected chi connectivity index (χ3v) is 4.88. The highest BCUT2D eigenvalue weighted by Gasteiger charge is 2.18. The molecular weight excluding hydrogens is 390 g/mol. The van der Waals surface area contributed by atoms with Gasteiger partial charge in [0.1, 0.15) is 12.2 Å². The molecule has 3 aromatic rings. The molecule has 1 heterocycles. The summed E-state index contributed by atoms with van der Waals surface area (Å²) in [7, 11) is 0. The molecule has 3 rings (SSSR count). The highest BCUT2D eigenvalue weighted by atomic mass is 35.5. The number of aromatic nitrogens is 2. The molecule has 0 amide bonds. The number of esters is 1. The van der Waals surface area contributed by atoms with E-state index in [9.17, 15) is 9.59 Å². The average Bonchev–Trinajstić information content (AvgIpc) is 2.70. The van der Waals surface area contributed by atoms with E-state index in [1.807, 2.05) is 60.1 Å². The van der Waals surface area contributed by atoms with Gasteiger partial charge in [0.2, 0.25) is 0 Å². The number of carbonyl (C=O) groups is 1. The van der Waals surface area contributed by atoms with Gasteiger partial charge in [-0.2, -0.15) is 0 Å². The molecule has 2 aromatic carbocycles. The summed E-state index contributed by atoms with van der Waals surface area (Å²) in [5, 5.41) is 0.631. The molecule has 0 bridgehead atoms. The smallest absolute Gasteiger partial charge is 0.310 e. The minimum atomic E-state index is -0.424. The van der Waals surface area contributed by atoms with Gasteiger partial charge in [0.25, 0.3) is 11.6 Å². The van der Waals surface area contributed by atoms with Gasteiger partial charge in [0.15, 0.2) is 0 Å². The molecular formula is C22H23ClN3O3+. The Hall–Kier alpha value is -3.12. The maximum absolute atomic E-state index is 12.6. The normalized spacial score (nSPS) is 10.6. The van der Waals surface area contributed by atoms with Crippen LogP contribution in [0.4, 0.5) is 5.69 Å². The molecule has 0 saturated carbocycles. The number of hydrogen-bond acceptors (Lipinski definition) is 4. The predicted molar refractivity (Wildman–Crippen MR) is 112 cm³/mol. The van der Waals surface area contributed by atoms with Crippen molar-refractivity contribution in [3.8, 4) is 0 Å². The van der Waals surface area contributed by atoms with E-state index in [-0.39, 0.29) is 18.5 Å². The number of benzene rings is 2. The van der Waals surface area contributed by atoms with Gasteiger partial charge in [-0.15, -0.1) is 10.1 Å². The van der Waals surface area contributed by atoms with Crippen molar-refractivity contribution in [3.05, 3.63) is 92.9 Å². The second-order valence-corrected chi connectivity index (χ2v) is 6.99. The minimum absolute atomic E-state index is 0.0709. The van der Waals surface area contributed by atoms with E-state index in [1.165, 1.54) is 6.20 Å². The molecule has 1 aromatic heterocycles. The number of anilines is 1. The summed E-state index contributed by atoms with van der Waals surface area (Å²) in [6, 6.07) is 15.4. The number of carbonyl (C=O) groups excluding carboxylic acids is 1. The Morgan fingerprint density at radius 3 is 2.66 bits per heavy atom. The second-order valence-electron chi connectivity index (χ2n) is 6.58. The first kappa shape index (κ1) is 20.6. The fourth-order valence-corrected chi connectivity index (χ4v) is 3.09. The molecule has 0 aliphatic heterocycles. The van der Waals surface area contributed by atoms with Crippen molar-refractivity contribution in [2.24, 2.45) is 0 Å². The van der Waals surface area contributed by atoms with Crippen molar-refractivity contribution in [1.29, 1.82) is 0 Å². The van der Waals surface area contributed by atoms with Crippen LogP contribution in [0.3, 0.4) is 0 Å². The van der Waals surface area contributed by atoms with E-state index >= 15 is 0 Å². The molecule has 0 spiro atoms. The number of nitrogens with one attached hydrogen (secondary N) is 1. The van der Waals surface area contributed by atoms with Gasteiger partial charge in [-0.1, -0.05) is 48.0 Å². The molecule has 6 nitrogen and oxygen atoms in total. The molecule has 0 fully saturated rings. The van der Waals surface area contributed by atoms with E-state index in [0.717, 1.165) is 16.8 Å². The van der Waals surface area contributed by atoms with Crippen LogP contribution in [0.25, 0.3) is 0 Å². The summed E-state index contributed by atoms with van der Waals surface area (Å²) in [4.78, 5) is 26.1. The van der Waals surface area contributed by atoms with Crippen molar-refractivity contribution in [2.75, 3.05) is 12.0 Å². The Morgan fingerprint density at radius 1 is 1.17 bits per heavy atom. The highest BCUT2D eigenvalue weighted by Crippen LogP contribution is 2.22. The van der Waals surface area contributed by atoms with Crippen molar-refractivity contribution in [2.45, 2.75) is 26.8 Å². The molecule has 7 heteroatoms. The maximum Gasteiger partial charge on any atom is 0.310 e. The first-order valence-electron chi connectivity index (χ1n) is 9.35. The second kappa shape index (κ2) is 9.39. The molecule has 1 N–H and O–H groups in total. The molecule has 0 atom stereocenters. The van der Waals surface area contributed by atoms with Crippen LogP contribution in [0.1, 0.15) is 23.6 Å². The number of hydrogen-bond donors (Lipinski definition) is 1. The lowest BCUT2D eigenvalue weighted by Gasteiger charge is -2.11. The molecule has 0 aliphatic rings. The standard InChI is InChI=1S/C22H22ClN3O3/c1-3-29-22(28)12-18-14-25(13-17-8-5-4-6-9-17)26(15-21(18)27)24-20-11-7-10-19(23)16(20)2/h4-11,14-15H,3,12-13H2,1-2H3/p+1. The number of halogens is 1. The first-order valence-corrected chi connectivity index (χ1v) is 9.72. The summed E-state index contributed by atoms with van der Waals surface area (Å²) in [6.45, 7) is 4.42. The van der Waals surface area contributed by atoms with E-state index in [2.05, 4.69) is 5.43 Å². The van der Waals surface area contributed by atoms with E-state index in [1.54, 1.807) is 17.9 Å². The van der Waals surface area contributed by atoms with Crippen molar-refractivity contribution < 1.29 is 14.3 Å². The monoisotopic (exact) mass is 412 g/mol. The minimum Gasteiger partial charge on any atom is -0.466 e. The van der Waals surface area contributed by atoms with Crippen molar-refractivity contribution >= 4 is 23.3 Å². The molecule has 0 aliphatic carbocycles. The summed E-state index contributed by atoms with van der Waals surface area (Å²) in [6.07, 6.45) is 3.04. The third kappa shape index (κ3) is 5.23. The van der Waals surface area contributed by atoms with Crippen LogP contribution in [0.2, 0.25) is 5.02 Å². The van der Waals surface area contributed by atoms with Gasteiger partial charge in [-0.05, 0) is 37.1 Å². The third-order valence-electron chi connectivity index (χ3n) is 4.47. The fraction of sp³-hybridized carbons (Fsp3) is 0.227. The largest absolute Gasteiger partial charge is 0.466 e. The Morgan fingerprint density at radius 2 is 1.93 bits per heavy atom. The Labute approximate surface area is 174 Å². The van der Waals surface area contributed by atoms with Gasteiger partial charge < -0.3 is 4.74 Å². The zero-order valence-corrected chi connectivity index (χ0v) is 17.1. The lowest BCUT2D eigenvalue weighted by molar-refractivity contribution is -0.732. The fourth-order valence-electron chi connectivity index (χ4n) is 2.91. The SMILES string of the molecule is CCOC(=O)Cc1cn(Cc2ccccc2)[n+](Nc2cccc(Cl)c2C)cc1=O. The zero-order chi connectivity index (χ0) is 20.8. The van der Waals surface area contributed by atoms with Crippen LogP contribution in [0.15, 0.2) is 65.7 Å².